The van der Waals surface area contributed by atoms with E-state index in [0.717, 1.165) is 13.6 Å². The molecule has 0 fully saturated rings. The van der Waals surface area contributed by atoms with Gasteiger partial charge in [0.1, 0.15) is 0 Å². The van der Waals surface area contributed by atoms with E-state index in [2.05, 4.69) is 58.9 Å². The van der Waals surface area contributed by atoms with Crippen LogP contribution in [0.15, 0.2) is 22.7 Å². The molecule has 0 saturated carbocycles. The van der Waals surface area contributed by atoms with Crippen LogP contribution in [0.3, 0.4) is 0 Å². The van der Waals surface area contributed by atoms with Crippen molar-refractivity contribution in [2.45, 2.75) is 6.92 Å². The number of rotatable bonds is 1. The predicted octanol–water partition coefficient (Wildman–Crippen LogP) is 2.61. The highest BCUT2D eigenvalue weighted by molar-refractivity contribution is 14.1. The van der Waals surface area contributed by atoms with E-state index in [1.165, 1.54) is 0 Å². The van der Waals surface area contributed by atoms with Crippen LogP contribution in [-0.4, -0.2) is 20.4 Å². The van der Waals surface area contributed by atoms with Gasteiger partial charge in [0.2, 0.25) is 5.82 Å². The minimum Gasteiger partial charge on any atom is -0.131 e. The number of hydrogen-bond acceptors (Lipinski definition) is 4. The zero-order valence-electron chi connectivity index (χ0n) is 7.78. The van der Waals surface area contributed by atoms with Crippen LogP contribution in [0.4, 0.5) is 0 Å². The van der Waals surface area contributed by atoms with Gasteiger partial charge in [0.15, 0.2) is 5.82 Å². The Morgan fingerprint density at radius 2 is 1.80 bits per heavy atom. The second kappa shape index (κ2) is 4.48. The highest BCUT2D eigenvalue weighted by atomic mass is 127. The van der Waals surface area contributed by atoms with E-state index in [9.17, 15) is 0 Å². The molecular formula is C9H6BrIN4. The maximum absolute atomic E-state index is 4.00. The first-order valence-electron chi connectivity index (χ1n) is 4.16. The third-order valence-corrected chi connectivity index (χ3v) is 3.14. The number of nitrogens with zero attached hydrogens (tertiary/aromatic N) is 4. The molecule has 0 radical (unpaired) electrons. The summed E-state index contributed by atoms with van der Waals surface area (Å²) in [7, 11) is 0. The molecule has 15 heavy (non-hydrogen) atoms. The molecule has 0 amide bonds. The summed E-state index contributed by atoms with van der Waals surface area (Å²) in [6.45, 7) is 1.76. The van der Waals surface area contributed by atoms with Gasteiger partial charge >= 0.3 is 0 Å². The normalized spacial score (nSPS) is 10.3. The van der Waals surface area contributed by atoms with Crippen LogP contribution in [0.1, 0.15) is 5.82 Å². The van der Waals surface area contributed by atoms with Gasteiger partial charge in [-0.15, -0.1) is 20.4 Å². The van der Waals surface area contributed by atoms with Crippen molar-refractivity contribution in [2.24, 2.45) is 0 Å². The number of aromatic nitrogens is 4. The van der Waals surface area contributed by atoms with Crippen molar-refractivity contribution < 1.29 is 0 Å². The van der Waals surface area contributed by atoms with Gasteiger partial charge in [-0.25, -0.2) is 0 Å². The first-order valence-corrected chi connectivity index (χ1v) is 6.03. The molecule has 0 aliphatic rings. The zero-order valence-corrected chi connectivity index (χ0v) is 11.5. The summed E-state index contributed by atoms with van der Waals surface area (Å²) < 4.78 is 2.10. The van der Waals surface area contributed by atoms with E-state index in [-0.39, 0.29) is 0 Å². The fraction of sp³-hybridized carbons (Fsp3) is 0.111. The van der Waals surface area contributed by atoms with Gasteiger partial charge in [0, 0.05) is 13.6 Å². The maximum Gasteiger partial charge on any atom is 0.204 e. The lowest BCUT2D eigenvalue weighted by molar-refractivity contribution is 0.815. The minimum atomic E-state index is 0.553. The fourth-order valence-electron chi connectivity index (χ4n) is 1.06. The van der Waals surface area contributed by atoms with Gasteiger partial charge in [-0.1, -0.05) is 15.9 Å². The van der Waals surface area contributed by atoms with Gasteiger partial charge in [0.25, 0.3) is 0 Å². The van der Waals surface area contributed by atoms with E-state index < -0.39 is 0 Å². The lowest BCUT2D eigenvalue weighted by Crippen LogP contribution is -1.99. The maximum atomic E-state index is 4.00. The van der Waals surface area contributed by atoms with Crippen LogP contribution >= 0.6 is 38.5 Å². The van der Waals surface area contributed by atoms with Crippen LogP contribution in [0.2, 0.25) is 0 Å². The molecule has 1 aromatic carbocycles. The van der Waals surface area contributed by atoms with Gasteiger partial charge < -0.3 is 0 Å². The smallest absolute Gasteiger partial charge is 0.131 e. The quantitative estimate of drug-likeness (QED) is 0.718. The van der Waals surface area contributed by atoms with E-state index in [4.69, 9.17) is 0 Å². The van der Waals surface area contributed by atoms with Crippen LogP contribution in [0, 0.1) is 10.5 Å². The number of halogens is 2. The van der Waals surface area contributed by atoms with Crippen LogP contribution < -0.4 is 0 Å². The van der Waals surface area contributed by atoms with Crippen molar-refractivity contribution in [2.75, 3.05) is 0 Å². The first-order chi connectivity index (χ1) is 7.16. The Morgan fingerprint density at radius 1 is 1.13 bits per heavy atom. The Kier molecular flexibility index (Phi) is 3.25. The van der Waals surface area contributed by atoms with Crippen LogP contribution in [0.5, 0.6) is 0 Å². The minimum absolute atomic E-state index is 0.553. The number of benzene rings is 1. The monoisotopic (exact) mass is 376 g/mol. The molecular weight excluding hydrogens is 371 g/mol. The molecule has 1 heterocycles. The van der Waals surface area contributed by atoms with Gasteiger partial charge in [-0.3, -0.25) is 0 Å². The Balaban J connectivity index is 2.49. The molecule has 0 saturated heterocycles. The Morgan fingerprint density at radius 3 is 2.40 bits per heavy atom. The van der Waals surface area contributed by atoms with E-state index in [1.807, 2.05) is 18.2 Å². The molecule has 2 aromatic rings. The standard InChI is InChI=1S/C9H6BrIN4/c1-5-12-14-9(15-13-5)7-3-2-6(10)4-8(7)11/h2-4H,1H3. The van der Waals surface area contributed by atoms with Gasteiger partial charge in [0.05, 0.1) is 0 Å². The molecule has 0 bridgehead atoms. The number of aryl methyl sites for hydroxylation is 1. The molecule has 1 aromatic heterocycles. The van der Waals surface area contributed by atoms with Gasteiger partial charge in [-0.2, -0.15) is 0 Å². The average molecular weight is 377 g/mol. The fourth-order valence-corrected chi connectivity index (χ4v) is 2.60. The summed E-state index contributed by atoms with van der Waals surface area (Å²) in [5, 5.41) is 15.8. The molecule has 0 aliphatic carbocycles. The summed E-state index contributed by atoms with van der Waals surface area (Å²) in [6, 6.07) is 5.89. The SMILES string of the molecule is Cc1nnc(-c2ccc(Br)cc2I)nn1. The summed E-state index contributed by atoms with van der Waals surface area (Å²) in [5.41, 5.74) is 0.943. The Labute approximate surface area is 109 Å². The van der Waals surface area contributed by atoms with E-state index in [0.29, 0.717) is 11.6 Å². The summed E-state index contributed by atoms with van der Waals surface area (Å²) in [4.78, 5) is 0. The van der Waals surface area contributed by atoms with Crippen molar-refractivity contribution in [1.82, 2.24) is 20.4 Å². The highest BCUT2D eigenvalue weighted by Gasteiger charge is 2.07. The van der Waals surface area contributed by atoms with Crippen molar-refractivity contribution in [1.29, 1.82) is 0 Å². The van der Waals surface area contributed by atoms with Crippen LogP contribution in [-0.2, 0) is 0 Å². The van der Waals surface area contributed by atoms with Crippen molar-refractivity contribution in [3.63, 3.8) is 0 Å². The average Bonchev–Trinajstić information content (AvgIpc) is 2.20. The third kappa shape index (κ3) is 2.49. The Hall–Kier alpha value is -0.630. The van der Waals surface area contributed by atoms with Crippen molar-refractivity contribution in [3.05, 3.63) is 32.1 Å². The van der Waals surface area contributed by atoms with E-state index in [1.54, 1.807) is 6.92 Å². The molecule has 0 aliphatic heterocycles. The first kappa shape index (κ1) is 10.9. The van der Waals surface area contributed by atoms with E-state index >= 15 is 0 Å². The second-order valence-corrected chi connectivity index (χ2v) is 4.97. The lowest BCUT2D eigenvalue weighted by atomic mass is 10.2. The largest absolute Gasteiger partial charge is 0.204 e. The summed E-state index contributed by atoms with van der Waals surface area (Å²) in [6.07, 6.45) is 0. The molecule has 0 spiro atoms. The van der Waals surface area contributed by atoms with Crippen molar-refractivity contribution in [3.8, 4) is 11.4 Å². The second-order valence-electron chi connectivity index (χ2n) is 2.89. The summed E-state index contributed by atoms with van der Waals surface area (Å²) in [5.74, 6) is 1.13. The molecule has 4 nitrogen and oxygen atoms in total. The Bertz CT molecular complexity index is 486. The predicted molar refractivity (Wildman–Crippen MR) is 68.2 cm³/mol. The van der Waals surface area contributed by atoms with Crippen LogP contribution in [0.25, 0.3) is 11.4 Å². The molecule has 0 N–H and O–H groups in total. The number of hydrogen-bond donors (Lipinski definition) is 0. The van der Waals surface area contributed by atoms with Gasteiger partial charge in [-0.05, 0) is 47.7 Å². The topological polar surface area (TPSA) is 51.6 Å². The lowest BCUT2D eigenvalue weighted by Gasteiger charge is -2.01. The molecule has 0 atom stereocenters. The zero-order chi connectivity index (χ0) is 10.8. The molecule has 76 valence electrons. The summed E-state index contributed by atoms with van der Waals surface area (Å²) >= 11 is 5.64. The molecule has 0 unspecified atom stereocenters. The highest BCUT2D eigenvalue weighted by Crippen LogP contribution is 2.24. The van der Waals surface area contributed by atoms with Crippen molar-refractivity contribution >= 4 is 38.5 Å². The molecule has 6 heteroatoms. The molecule has 2 rings (SSSR count). The third-order valence-electron chi connectivity index (χ3n) is 1.75.